The fourth-order valence-electron chi connectivity index (χ4n) is 1.75. The van der Waals surface area contributed by atoms with Gasteiger partial charge >= 0.3 is 5.97 Å². The van der Waals surface area contributed by atoms with Crippen LogP contribution in [0, 0.1) is 24.0 Å². The summed E-state index contributed by atoms with van der Waals surface area (Å²) in [7, 11) is -4.16. The van der Waals surface area contributed by atoms with Crippen molar-refractivity contribution in [3.05, 3.63) is 33.4 Å². The lowest BCUT2D eigenvalue weighted by Crippen LogP contribution is -2.40. The molecule has 9 heteroatoms. The SMILES string of the molecule is CCC(NS(=O)(=O)c1cc([N+](=O)[O-])cc(C)c1C)C(=O)O. The molecule has 0 saturated carbocycles. The van der Waals surface area contributed by atoms with Crippen LogP contribution < -0.4 is 4.72 Å². The minimum atomic E-state index is -4.16. The summed E-state index contributed by atoms with van der Waals surface area (Å²) in [6, 6.07) is 0.913. The first-order chi connectivity index (χ1) is 9.60. The first-order valence-corrected chi connectivity index (χ1v) is 7.59. The molecule has 0 heterocycles. The zero-order valence-corrected chi connectivity index (χ0v) is 12.6. The Morgan fingerprint density at radius 1 is 1.43 bits per heavy atom. The van der Waals surface area contributed by atoms with Gasteiger partial charge < -0.3 is 5.11 Å². The smallest absolute Gasteiger partial charge is 0.321 e. The topological polar surface area (TPSA) is 127 Å². The zero-order chi connectivity index (χ0) is 16.4. The number of benzene rings is 1. The van der Waals surface area contributed by atoms with Gasteiger partial charge in [-0.15, -0.1) is 0 Å². The van der Waals surface area contributed by atoms with E-state index in [4.69, 9.17) is 5.11 Å². The van der Waals surface area contributed by atoms with E-state index in [1.807, 2.05) is 4.72 Å². The normalized spacial score (nSPS) is 12.9. The number of hydrogen-bond acceptors (Lipinski definition) is 5. The molecule has 0 bridgehead atoms. The maximum atomic E-state index is 12.3. The van der Waals surface area contributed by atoms with Crippen molar-refractivity contribution in [3.8, 4) is 0 Å². The number of carbonyl (C=O) groups is 1. The number of carboxylic acids is 1. The van der Waals surface area contributed by atoms with Gasteiger partial charge in [0.15, 0.2) is 0 Å². The number of sulfonamides is 1. The first kappa shape index (κ1) is 17.1. The van der Waals surface area contributed by atoms with Crippen LogP contribution in [0.15, 0.2) is 17.0 Å². The van der Waals surface area contributed by atoms with E-state index in [-0.39, 0.29) is 17.0 Å². The van der Waals surface area contributed by atoms with Crippen molar-refractivity contribution in [2.45, 2.75) is 38.1 Å². The molecule has 1 aromatic carbocycles. The number of non-ortho nitro benzene ring substituents is 1. The van der Waals surface area contributed by atoms with Gasteiger partial charge in [-0.1, -0.05) is 6.92 Å². The van der Waals surface area contributed by atoms with Crippen LogP contribution in [0.3, 0.4) is 0 Å². The summed E-state index contributed by atoms with van der Waals surface area (Å²) in [5, 5.41) is 19.7. The van der Waals surface area contributed by atoms with E-state index in [1.165, 1.54) is 19.9 Å². The van der Waals surface area contributed by atoms with Gasteiger partial charge in [-0.3, -0.25) is 14.9 Å². The van der Waals surface area contributed by atoms with Crippen LogP contribution in [0.2, 0.25) is 0 Å². The van der Waals surface area contributed by atoms with E-state index < -0.39 is 27.0 Å². The molecular formula is C12H16N2O6S. The summed E-state index contributed by atoms with van der Waals surface area (Å²) >= 11 is 0. The lowest BCUT2D eigenvalue weighted by molar-refractivity contribution is -0.385. The molecule has 0 aromatic heterocycles. The molecule has 1 unspecified atom stereocenters. The molecule has 0 aliphatic carbocycles. The first-order valence-electron chi connectivity index (χ1n) is 6.11. The minimum Gasteiger partial charge on any atom is -0.480 e. The summed E-state index contributed by atoms with van der Waals surface area (Å²) in [6.45, 7) is 4.58. The molecule has 116 valence electrons. The Labute approximate surface area is 122 Å². The van der Waals surface area contributed by atoms with Crippen LogP contribution in [0.5, 0.6) is 0 Å². The Morgan fingerprint density at radius 3 is 2.43 bits per heavy atom. The predicted octanol–water partition coefficient (Wildman–Crippen LogP) is 1.35. The summed E-state index contributed by atoms with van der Waals surface area (Å²) in [6.07, 6.45) is 0.0571. The number of aliphatic carboxylic acids is 1. The summed E-state index contributed by atoms with van der Waals surface area (Å²) in [5.41, 5.74) is 0.420. The van der Waals surface area contributed by atoms with Crippen molar-refractivity contribution in [1.82, 2.24) is 4.72 Å². The van der Waals surface area contributed by atoms with Crippen molar-refractivity contribution in [2.75, 3.05) is 0 Å². The van der Waals surface area contributed by atoms with Gasteiger partial charge in [-0.05, 0) is 31.4 Å². The molecular weight excluding hydrogens is 300 g/mol. The standard InChI is InChI=1S/C12H16N2O6S/c1-4-10(12(15)16)13-21(19,20)11-6-9(14(17)18)5-7(2)8(11)3/h5-6,10,13H,4H2,1-3H3,(H,15,16). The van der Waals surface area contributed by atoms with Crippen molar-refractivity contribution in [2.24, 2.45) is 0 Å². The van der Waals surface area contributed by atoms with Crippen LogP contribution in [-0.4, -0.2) is 30.5 Å². The van der Waals surface area contributed by atoms with Gasteiger partial charge in [0.2, 0.25) is 10.0 Å². The van der Waals surface area contributed by atoms with Crippen LogP contribution in [-0.2, 0) is 14.8 Å². The van der Waals surface area contributed by atoms with Gasteiger partial charge in [-0.25, -0.2) is 8.42 Å². The van der Waals surface area contributed by atoms with Crippen molar-refractivity contribution >= 4 is 21.7 Å². The van der Waals surface area contributed by atoms with E-state index in [0.717, 1.165) is 6.07 Å². The molecule has 21 heavy (non-hydrogen) atoms. The van der Waals surface area contributed by atoms with Gasteiger partial charge in [0.25, 0.3) is 5.69 Å². The van der Waals surface area contributed by atoms with Crippen molar-refractivity contribution in [3.63, 3.8) is 0 Å². The van der Waals surface area contributed by atoms with Crippen molar-refractivity contribution < 1.29 is 23.2 Å². The molecule has 0 fully saturated rings. The lowest BCUT2D eigenvalue weighted by Gasteiger charge is -2.15. The number of nitrogens with zero attached hydrogens (tertiary/aromatic N) is 1. The monoisotopic (exact) mass is 316 g/mol. The molecule has 8 nitrogen and oxygen atoms in total. The largest absolute Gasteiger partial charge is 0.480 e. The highest BCUT2D eigenvalue weighted by Crippen LogP contribution is 2.25. The molecule has 0 aliphatic heterocycles. The Kier molecular flexibility index (Phi) is 5.02. The molecule has 0 saturated heterocycles. The van der Waals surface area contributed by atoms with E-state index in [1.54, 1.807) is 6.92 Å². The average molecular weight is 316 g/mol. The number of nitrogens with one attached hydrogen (secondary N) is 1. The third kappa shape index (κ3) is 3.76. The quantitative estimate of drug-likeness (QED) is 0.602. The number of aryl methyl sites for hydroxylation is 1. The van der Waals surface area contributed by atoms with Gasteiger partial charge in [0, 0.05) is 12.1 Å². The van der Waals surface area contributed by atoms with Crippen LogP contribution in [0.25, 0.3) is 0 Å². The van der Waals surface area contributed by atoms with Gasteiger partial charge in [-0.2, -0.15) is 4.72 Å². The number of rotatable bonds is 6. The van der Waals surface area contributed by atoms with E-state index in [2.05, 4.69) is 0 Å². The molecule has 0 amide bonds. The Hall–Kier alpha value is -2.00. The van der Waals surface area contributed by atoms with Crippen molar-refractivity contribution in [1.29, 1.82) is 0 Å². The number of nitro groups is 1. The Morgan fingerprint density at radius 2 is 2.00 bits per heavy atom. The molecule has 0 radical (unpaired) electrons. The van der Waals surface area contributed by atoms with Crippen LogP contribution in [0.1, 0.15) is 24.5 Å². The molecule has 0 spiro atoms. The van der Waals surface area contributed by atoms with E-state index in [0.29, 0.717) is 11.1 Å². The maximum absolute atomic E-state index is 12.3. The number of carboxylic acid groups (broad SMARTS) is 1. The molecule has 1 atom stereocenters. The predicted molar refractivity (Wildman–Crippen MR) is 74.6 cm³/mol. The summed E-state index contributed by atoms with van der Waals surface area (Å²) in [4.78, 5) is 20.8. The molecule has 1 aromatic rings. The third-order valence-corrected chi connectivity index (χ3v) is 4.71. The summed E-state index contributed by atoms with van der Waals surface area (Å²) in [5.74, 6) is -1.30. The molecule has 1 rings (SSSR count). The van der Waals surface area contributed by atoms with Crippen LogP contribution >= 0.6 is 0 Å². The molecule has 0 aliphatic rings. The third-order valence-electron chi connectivity index (χ3n) is 3.11. The van der Waals surface area contributed by atoms with Gasteiger partial charge in [0.1, 0.15) is 6.04 Å². The highest BCUT2D eigenvalue weighted by molar-refractivity contribution is 7.89. The molecule has 2 N–H and O–H groups in total. The van der Waals surface area contributed by atoms with Gasteiger partial charge in [0.05, 0.1) is 9.82 Å². The highest BCUT2D eigenvalue weighted by Gasteiger charge is 2.27. The maximum Gasteiger partial charge on any atom is 0.321 e. The second kappa shape index (κ2) is 6.19. The van der Waals surface area contributed by atoms with E-state index >= 15 is 0 Å². The van der Waals surface area contributed by atoms with E-state index in [9.17, 15) is 23.3 Å². The fraction of sp³-hybridized carbons (Fsp3) is 0.417. The highest BCUT2D eigenvalue weighted by atomic mass is 32.2. The van der Waals surface area contributed by atoms with Crippen LogP contribution in [0.4, 0.5) is 5.69 Å². The second-order valence-electron chi connectivity index (χ2n) is 4.56. The fourth-order valence-corrected chi connectivity index (χ4v) is 3.36. The lowest BCUT2D eigenvalue weighted by atomic mass is 10.1. The number of nitro benzene ring substituents is 1. The Bertz CT molecular complexity index is 683. The second-order valence-corrected chi connectivity index (χ2v) is 6.25. The Balaban J connectivity index is 3.37. The average Bonchev–Trinajstić information content (AvgIpc) is 2.38. The number of hydrogen-bond donors (Lipinski definition) is 2. The minimum absolute atomic E-state index is 0.0571. The summed E-state index contributed by atoms with van der Waals surface area (Å²) < 4.78 is 26.6. The zero-order valence-electron chi connectivity index (χ0n) is 11.8.